The van der Waals surface area contributed by atoms with E-state index in [1.165, 1.54) is 0 Å². The maximum absolute atomic E-state index is 14.0. The number of carbonyl (C=O) groups excluding carboxylic acids is 2. The molecule has 2 aliphatic rings. The zero-order valence-electron chi connectivity index (χ0n) is 29.5. The molecule has 1 unspecified atom stereocenters. The number of methoxy groups -OCH3 is 1. The zero-order chi connectivity index (χ0) is 34.5. The number of urea groups is 1. The molecule has 2 atom stereocenters. The van der Waals surface area contributed by atoms with Crippen molar-refractivity contribution in [3.8, 4) is 11.5 Å². The summed E-state index contributed by atoms with van der Waals surface area (Å²) in [6.07, 6.45) is 5.41. The summed E-state index contributed by atoms with van der Waals surface area (Å²) in [7, 11) is 7.43. The van der Waals surface area contributed by atoms with Crippen molar-refractivity contribution in [2.75, 3.05) is 51.1 Å². The van der Waals surface area contributed by atoms with Crippen LogP contribution in [0, 0.1) is 5.92 Å². The molecular weight excluding hydrogens is 624 g/mol. The third-order valence-electron chi connectivity index (χ3n) is 10.0. The third kappa shape index (κ3) is 7.70. The number of amides is 3. The lowest BCUT2D eigenvalue weighted by Gasteiger charge is -2.39. The Bertz CT molecular complexity index is 1550. The van der Waals surface area contributed by atoms with Crippen LogP contribution in [0.2, 0.25) is 5.02 Å². The smallest absolute Gasteiger partial charge is 0.319 e. The largest absolute Gasteiger partial charge is 0.493 e. The van der Waals surface area contributed by atoms with Gasteiger partial charge in [0.15, 0.2) is 11.5 Å². The minimum atomic E-state index is -0.357. The lowest BCUT2D eigenvalue weighted by atomic mass is 9.85. The molecule has 1 saturated carbocycles. The van der Waals surface area contributed by atoms with Gasteiger partial charge in [0.25, 0.3) is 0 Å². The van der Waals surface area contributed by atoms with Gasteiger partial charge in [0, 0.05) is 56.7 Å². The summed E-state index contributed by atoms with van der Waals surface area (Å²) in [5.74, 6) is 1.90. The minimum Gasteiger partial charge on any atom is -0.493 e. The molecule has 0 spiro atoms. The maximum atomic E-state index is 14.0. The van der Waals surface area contributed by atoms with E-state index in [9.17, 15) is 9.59 Å². The van der Waals surface area contributed by atoms with Gasteiger partial charge in [-0.2, -0.15) is 0 Å². The van der Waals surface area contributed by atoms with E-state index in [2.05, 4.69) is 50.1 Å². The summed E-state index contributed by atoms with van der Waals surface area (Å²) in [5.41, 5.74) is 4.87. The van der Waals surface area contributed by atoms with Crippen LogP contribution < -0.4 is 19.3 Å². The maximum Gasteiger partial charge on any atom is 0.319 e. The van der Waals surface area contributed by atoms with Gasteiger partial charge in [-0.15, -0.1) is 0 Å². The van der Waals surface area contributed by atoms with Gasteiger partial charge in [0.1, 0.15) is 0 Å². The Labute approximate surface area is 291 Å². The van der Waals surface area contributed by atoms with E-state index in [-0.39, 0.29) is 30.5 Å². The van der Waals surface area contributed by atoms with Crippen LogP contribution in [0.1, 0.15) is 75.6 Å². The lowest BCUT2D eigenvalue weighted by molar-refractivity contribution is -0.118. The van der Waals surface area contributed by atoms with Crippen molar-refractivity contribution < 1.29 is 19.1 Å². The first kappa shape index (κ1) is 35.4. The van der Waals surface area contributed by atoms with Gasteiger partial charge in [-0.1, -0.05) is 30.7 Å². The molecule has 1 aliphatic heterocycles. The highest BCUT2D eigenvalue weighted by atomic mass is 35.5. The first-order chi connectivity index (χ1) is 23.0. The fourth-order valence-corrected chi connectivity index (χ4v) is 7.31. The zero-order valence-corrected chi connectivity index (χ0v) is 30.3. The van der Waals surface area contributed by atoms with E-state index >= 15 is 0 Å². The molecule has 3 amide bonds. The predicted octanol–water partition coefficient (Wildman–Crippen LogP) is 8.20. The minimum absolute atomic E-state index is 0.0186. The van der Waals surface area contributed by atoms with Gasteiger partial charge in [-0.3, -0.25) is 4.79 Å². The molecule has 1 heterocycles. The topological polar surface area (TPSA) is 65.6 Å². The Morgan fingerprint density at radius 1 is 0.958 bits per heavy atom. The Balaban J connectivity index is 1.36. The van der Waals surface area contributed by atoms with E-state index in [0.29, 0.717) is 28.5 Å². The SMILES string of the molecule is CC[C@@H](C)Oc1cc2c(cc1OC)CC(=O)N(c1ccc(N(C)CC3CCC(N(CC)C(=O)N(C)C)CC3)cc1)C2c1ccc(Cl)cc1. The number of nitrogens with zero attached hydrogens (tertiary/aromatic N) is 4. The van der Waals surface area contributed by atoms with Crippen LogP contribution >= 0.6 is 11.6 Å². The first-order valence-electron chi connectivity index (χ1n) is 17.3. The van der Waals surface area contributed by atoms with Crippen molar-refractivity contribution in [1.82, 2.24) is 9.80 Å². The number of ether oxygens (including phenoxy) is 2. The van der Waals surface area contributed by atoms with E-state index in [1.807, 2.05) is 67.2 Å². The summed E-state index contributed by atoms with van der Waals surface area (Å²) >= 11 is 6.30. The number of fused-ring (bicyclic) bond motifs is 1. The van der Waals surface area contributed by atoms with Crippen LogP contribution in [0.25, 0.3) is 0 Å². The molecule has 9 heteroatoms. The van der Waals surface area contributed by atoms with E-state index in [1.54, 1.807) is 12.0 Å². The third-order valence-corrected chi connectivity index (χ3v) is 10.3. The van der Waals surface area contributed by atoms with Gasteiger partial charge >= 0.3 is 6.03 Å². The van der Waals surface area contributed by atoms with E-state index < -0.39 is 0 Å². The van der Waals surface area contributed by atoms with Crippen molar-refractivity contribution in [3.63, 3.8) is 0 Å². The Kier molecular flexibility index (Phi) is 11.5. The molecular formula is C39H51ClN4O4. The van der Waals surface area contributed by atoms with Crippen LogP contribution in [0.3, 0.4) is 0 Å². The Morgan fingerprint density at radius 3 is 2.21 bits per heavy atom. The molecule has 3 aromatic carbocycles. The standard InChI is InChI=1S/C39H51ClN4O4/c1-8-26(3)48-36-24-34-29(22-35(36)47-7)23-37(45)44(38(34)28-12-14-30(40)15-13-28)33-20-18-31(19-21-33)42(6)25-27-10-16-32(17-11-27)43(9-2)39(46)41(4)5/h12-15,18-22,24,26-27,32,38H,8-11,16-17,23,25H2,1-7H3/t26-,27?,32?,38?/m1/s1. The van der Waals surface area contributed by atoms with Crippen molar-refractivity contribution in [1.29, 1.82) is 0 Å². The van der Waals surface area contributed by atoms with Crippen molar-refractivity contribution in [3.05, 3.63) is 82.4 Å². The highest BCUT2D eigenvalue weighted by Crippen LogP contribution is 2.44. The normalized spacial score (nSPS) is 19.7. The quantitative estimate of drug-likeness (QED) is 0.205. The lowest BCUT2D eigenvalue weighted by Crippen LogP contribution is -2.47. The van der Waals surface area contributed by atoms with Gasteiger partial charge < -0.3 is 29.1 Å². The first-order valence-corrected chi connectivity index (χ1v) is 17.7. The number of benzene rings is 3. The molecule has 8 nitrogen and oxygen atoms in total. The van der Waals surface area contributed by atoms with Crippen LogP contribution in [-0.4, -0.2) is 75.2 Å². The Morgan fingerprint density at radius 2 is 1.62 bits per heavy atom. The molecule has 0 radical (unpaired) electrons. The Hall–Kier alpha value is -3.91. The molecule has 0 N–H and O–H groups in total. The summed E-state index contributed by atoms with van der Waals surface area (Å²) in [5, 5.41) is 0.647. The second-order valence-corrected chi connectivity index (χ2v) is 13.9. The number of anilines is 2. The van der Waals surface area contributed by atoms with E-state index in [4.69, 9.17) is 21.1 Å². The van der Waals surface area contributed by atoms with Gasteiger partial charge in [0.2, 0.25) is 5.91 Å². The molecule has 1 aliphatic carbocycles. The number of halogens is 1. The van der Waals surface area contributed by atoms with Gasteiger partial charge in [-0.25, -0.2) is 4.79 Å². The number of rotatable bonds is 11. The van der Waals surface area contributed by atoms with Crippen LogP contribution in [0.4, 0.5) is 16.2 Å². The highest BCUT2D eigenvalue weighted by molar-refractivity contribution is 6.30. The van der Waals surface area contributed by atoms with Crippen LogP contribution in [0.15, 0.2) is 60.7 Å². The number of hydrogen-bond acceptors (Lipinski definition) is 5. The fourth-order valence-electron chi connectivity index (χ4n) is 7.18. The number of carbonyl (C=O) groups is 2. The molecule has 48 heavy (non-hydrogen) atoms. The molecule has 0 bridgehead atoms. The van der Waals surface area contributed by atoms with Crippen LogP contribution in [0.5, 0.6) is 11.5 Å². The fraction of sp³-hybridized carbons (Fsp3) is 0.487. The van der Waals surface area contributed by atoms with Gasteiger partial charge in [0.05, 0.1) is 25.7 Å². The predicted molar refractivity (Wildman–Crippen MR) is 195 cm³/mol. The molecule has 0 saturated heterocycles. The molecule has 5 rings (SSSR count). The molecule has 258 valence electrons. The second-order valence-electron chi connectivity index (χ2n) is 13.5. The van der Waals surface area contributed by atoms with E-state index in [0.717, 1.165) is 73.3 Å². The average Bonchev–Trinajstić information content (AvgIpc) is 3.09. The van der Waals surface area contributed by atoms with Crippen molar-refractivity contribution in [2.24, 2.45) is 5.92 Å². The van der Waals surface area contributed by atoms with Crippen molar-refractivity contribution in [2.45, 2.75) is 77.5 Å². The summed E-state index contributed by atoms with van der Waals surface area (Å²) in [6, 6.07) is 20.1. The molecule has 3 aromatic rings. The monoisotopic (exact) mass is 674 g/mol. The summed E-state index contributed by atoms with van der Waals surface area (Å²) in [4.78, 5) is 34.5. The van der Waals surface area contributed by atoms with Gasteiger partial charge in [-0.05, 0) is 117 Å². The number of hydrogen-bond donors (Lipinski definition) is 0. The van der Waals surface area contributed by atoms with Crippen LogP contribution in [-0.2, 0) is 11.2 Å². The summed E-state index contributed by atoms with van der Waals surface area (Å²) < 4.78 is 12.0. The highest BCUT2D eigenvalue weighted by Gasteiger charge is 2.36. The molecule has 0 aromatic heterocycles. The molecule has 1 fully saturated rings. The van der Waals surface area contributed by atoms with Crippen molar-refractivity contribution >= 4 is 34.9 Å². The average molecular weight is 675 g/mol. The second kappa shape index (κ2) is 15.5. The summed E-state index contributed by atoms with van der Waals surface area (Å²) in [6.45, 7) is 7.89.